The average molecular weight is 357 g/mol. The zero-order valence-electron chi connectivity index (χ0n) is 15.4. The van der Waals surface area contributed by atoms with Crippen LogP contribution in [-0.4, -0.2) is 51.8 Å². The number of nitrogens with zero attached hydrogens (tertiary/aromatic N) is 2. The minimum absolute atomic E-state index is 0.127. The van der Waals surface area contributed by atoms with Gasteiger partial charge in [-0.1, -0.05) is 6.08 Å². The number of aliphatic imine (C=N–C) groups is 1. The fourth-order valence-electron chi connectivity index (χ4n) is 3.14. The van der Waals surface area contributed by atoms with Crippen LogP contribution < -0.4 is 10.2 Å². The van der Waals surface area contributed by atoms with Crippen LogP contribution in [0.4, 0.5) is 5.69 Å². The van der Waals surface area contributed by atoms with Gasteiger partial charge in [0.05, 0.1) is 18.0 Å². The number of methoxy groups -OCH3 is 1. The van der Waals surface area contributed by atoms with Gasteiger partial charge in [0.2, 0.25) is 0 Å². The summed E-state index contributed by atoms with van der Waals surface area (Å²) >= 11 is 0. The lowest BCUT2D eigenvalue weighted by atomic mass is 10.1. The van der Waals surface area contributed by atoms with Gasteiger partial charge in [-0.25, -0.2) is 0 Å². The largest absolute Gasteiger partial charge is 0.378 e. The summed E-state index contributed by atoms with van der Waals surface area (Å²) in [5.41, 5.74) is 3.26. The molecule has 2 aliphatic heterocycles. The molecule has 1 saturated heterocycles. The van der Waals surface area contributed by atoms with Crippen LogP contribution in [0.5, 0.6) is 0 Å². The smallest absolute Gasteiger partial charge is 0.255 e. The second-order valence-electron chi connectivity index (χ2n) is 6.53. The Bertz CT molecular complexity index is 659. The highest BCUT2D eigenvalue weighted by molar-refractivity contribution is 6.07. The fraction of sp³-hybridized carbons (Fsp3) is 0.500. The maximum Gasteiger partial charge on any atom is 0.255 e. The molecule has 26 heavy (non-hydrogen) atoms. The number of ether oxygens (including phenoxy) is 2. The number of hydrogen-bond acceptors (Lipinski definition) is 5. The van der Waals surface area contributed by atoms with Crippen molar-refractivity contribution in [1.82, 2.24) is 5.32 Å². The third-order valence-electron chi connectivity index (χ3n) is 4.58. The van der Waals surface area contributed by atoms with E-state index in [0.717, 1.165) is 49.6 Å². The van der Waals surface area contributed by atoms with Crippen LogP contribution in [0, 0.1) is 0 Å². The van der Waals surface area contributed by atoms with E-state index in [4.69, 9.17) is 9.47 Å². The Hall–Kier alpha value is -2.18. The van der Waals surface area contributed by atoms with Crippen molar-refractivity contribution in [3.63, 3.8) is 0 Å². The molecule has 6 nitrogen and oxygen atoms in total. The molecule has 1 aromatic carbocycles. The molecule has 0 bridgehead atoms. The topological polar surface area (TPSA) is 63.2 Å². The molecule has 1 fully saturated rings. The number of nitrogens with one attached hydrogen (secondary N) is 1. The molecule has 1 aromatic rings. The van der Waals surface area contributed by atoms with E-state index in [-0.39, 0.29) is 5.91 Å². The van der Waals surface area contributed by atoms with Crippen molar-refractivity contribution in [1.29, 1.82) is 0 Å². The lowest BCUT2D eigenvalue weighted by molar-refractivity contribution is 0.0967. The number of rotatable bonds is 5. The predicted octanol–water partition coefficient (Wildman–Crippen LogP) is 2.76. The zero-order chi connectivity index (χ0) is 18.2. The van der Waals surface area contributed by atoms with Gasteiger partial charge in [-0.05, 0) is 49.9 Å². The Morgan fingerprint density at radius 1 is 1.27 bits per heavy atom. The van der Waals surface area contributed by atoms with Gasteiger partial charge in [0.25, 0.3) is 5.91 Å². The Morgan fingerprint density at radius 2 is 2.12 bits per heavy atom. The van der Waals surface area contributed by atoms with Gasteiger partial charge >= 0.3 is 0 Å². The van der Waals surface area contributed by atoms with Crippen LogP contribution in [0.2, 0.25) is 0 Å². The number of carbonyl (C=O) groups excluding carboxylic acids is 1. The van der Waals surface area contributed by atoms with Crippen molar-refractivity contribution in [2.45, 2.75) is 25.7 Å². The first-order valence-electron chi connectivity index (χ1n) is 9.25. The van der Waals surface area contributed by atoms with Gasteiger partial charge in [0.15, 0.2) is 0 Å². The highest BCUT2D eigenvalue weighted by atomic mass is 16.5. The van der Waals surface area contributed by atoms with E-state index in [1.54, 1.807) is 7.11 Å². The molecule has 1 N–H and O–H groups in total. The predicted molar refractivity (Wildman–Crippen MR) is 103 cm³/mol. The number of dihydropyridines is 1. The third kappa shape index (κ3) is 4.93. The molecule has 0 saturated carbocycles. The van der Waals surface area contributed by atoms with Gasteiger partial charge in [0, 0.05) is 38.1 Å². The van der Waals surface area contributed by atoms with E-state index in [1.807, 2.05) is 30.3 Å². The number of anilines is 1. The minimum atomic E-state index is -0.127. The van der Waals surface area contributed by atoms with Gasteiger partial charge in [-0.15, -0.1) is 0 Å². The summed E-state index contributed by atoms with van der Waals surface area (Å²) in [6.45, 7) is 3.55. The Balaban J connectivity index is 1.63. The number of amides is 1. The molecule has 0 radical (unpaired) electrons. The van der Waals surface area contributed by atoms with Crippen molar-refractivity contribution < 1.29 is 14.3 Å². The third-order valence-corrected chi connectivity index (χ3v) is 4.58. The molecule has 0 aliphatic carbocycles. The molecule has 0 atom stereocenters. The molecule has 6 heteroatoms. The molecule has 0 spiro atoms. The van der Waals surface area contributed by atoms with E-state index in [1.165, 1.54) is 12.8 Å². The van der Waals surface area contributed by atoms with Gasteiger partial charge in [0.1, 0.15) is 6.73 Å². The molecule has 140 valence electrons. The summed E-state index contributed by atoms with van der Waals surface area (Å²) in [4.78, 5) is 19.2. The lowest BCUT2D eigenvalue weighted by Crippen LogP contribution is -2.31. The zero-order valence-corrected chi connectivity index (χ0v) is 15.4. The highest BCUT2D eigenvalue weighted by Gasteiger charge is 2.15. The molecule has 3 rings (SSSR count). The Morgan fingerprint density at radius 3 is 2.92 bits per heavy atom. The van der Waals surface area contributed by atoms with Crippen molar-refractivity contribution in [2.24, 2.45) is 4.99 Å². The quantitative estimate of drug-likeness (QED) is 0.880. The molecule has 1 amide bonds. The molecular weight excluding hydrogens is 330 g/mol. The Labute approximate surface area is 154 Å². The standard InChI is InChI=1S/C20H27N3O3/c1-25-14-19-18(6-5-11-21-19)22-20(24)16-7-9-17(10-8-16)23-12-3-2-4-13-26-15-23/h6-10H,2-5,11-15H2,1H3,(H,22,24). The van der Waals surface area contributed by atoms with E-state index in [0.29, 0.717) is 18.9 Å². The number of carbonyl (C=O) groups is 1. The first kappa shape index (κ1) is 18.6. The second-order valence-corrected chi connectivity index (χ2v) is 6.53. The van der Waals surface area contributed by atoms with Crippen LogP contribution in [0.25, 0.3) is 0 Å². The lowest BCUT2D eigenvalue weighted by Gasteiger charge is -2.26. The van der Waals surface area contributed by atoms with E-state index < -0.39 is 0 Å². The van der Waals surface area contributed by atoms with Gasteiger partial charge < -0.3 is 19.7 Å². The minimum Gasteiger partial charge on any atom is -0.378 e. The molecular formula is C20H27N3O3. The molecule has 0 aromatic heterocycles. The maximum atomic E-state index is 12.6. The van der Waals surface area contributed by atoms with Crippen molar-refractivity contribution in [3.8, 4) is 0 Å². The van der Waals surface area contributed by atoms with Crippen LogP contribution in [0.3, 0.4) is 0 Å². The summed E-state index contributed by atoms with van der Waals surface area (Å²) in [5.74, 6) is -0.127. The maximum absolute atomic E-state index is 12.6. The van der Waals surface area contributed by atoms with Crippen molar-refractivity contribution in [3.05, 3.63) is 41.6 Å². The van der Waals surface area contributed by atoms with E-state index in [9.17, 15) is 4.79 Å². The van der Waals surface area contributed by atoms with Crippen molar-refractivity contribution in [2.75, 3.05) is 45.0 Å². The fourth-order valence-corrected chi connectivity index (χ4v) is 3.14. The summed E-state index contributed by atoms with van der Waals surface area (Å²) in [6.07, 6.45) is 6.33. The number of benzene rings is 1. The summed E-state index contributed by atoms with van der Waals surface area (Å²) in [6, 6.07) is 7.69. The van der Waals surface area contributed by atoms with Crippen LogP contribution in [0.1, 0.15) is 36.0 Å². The summed E-state index contributed by atoms with van der Waals surface area (Å²) in [7, 11) is 1.63. The molecule has 0 unspecified atom stereocenters. The first-order chi connectivity index (χ1) is 12.8. The summed E-state index contributed by atoms with van der Waals surface area (Å²) < 4.78 is 10.8. The summed E-state index contributed by atoms with van der Waals surface area (Å²) in [5, 5.41) is 2.96. The monoisotopic (exact) mass is 357 g/mol. The normalized spacial score (nSPS) is 18.4. The second kappa shape index (κ2) is 9.50. The molecule has 2 aliphatic rings. The van der Waals surface area contributed by atoms with E-state index >= 15 is 0 Å². The number of hydrogen-bond donors (Lipinski definition) is 1. The van der Waals surface area contributed by atoms with Crippen LogP contribution >= 0.6 is 0 Å². The van der Waals surface area contributed by atoms with Crippen molar-refractivity contribution >= 4 is 17.3 Å². The SMILES string of the molecule is COCC1=NCCC=C1NC(=O)c1ccc(N2CCCCCOC2)cc1. The highest BCUT2D eigenvalue weighted by Crippen LogP contribution is 2.18. The van der Waals surface area contributed by atoms with E-state index in [2.05, 4.69) is 15.2 Å². The Kier molecular flexibility index (Phi) is 6.80. The van der Waals surface area contributed by atoms with Gasteiger partial charge in [-0.3, -0.25) is 9.79 Å². The molecule has 2 heterocycles. The average Bonchev–Trinajstić information content (AvgIpc) is 2.63. The first-order valence-corrected chi connectivity index (χ1v) is 9.25. The van der Waals surface area contributed by atoms with Crippen LogP contribution in [0.15, 0.2) is 41.0 Å². The van der Waals surface area contributed by atoms with Gasteiger partial charge in [-0.2, -0.15) is 0 Å². The van der Waals surface area contributed by atoms with Crippen LogP contribution in [-0.2, 0) is 9.47 Å².